The van der Waals surface area contributed by atoms with Gasteiger partial charge < -0.3 is 0 Å². The maximum Gasteiger partial charge on any atom is 0.0244 e. The van der Waals surface area contributed by atoms with Crippen LogP contribution in [0.1, 0.15) is 49.7 Å². The minimum Gasteiger partial charge on any atom is -0.0616 e. The molecule has 70 valence electrons. The fourth-order valence-corrected chi connectivity index (χ4v) is 2.77. The van der Waals surface area contributed by atoms with E-state index in [0.717, 1.165) is 5.92 Å². The molecule has 0 aromatic heterocycles. The molecule has 1 fully saturated rings. The first kappa shape index (κ1) is 9.26. The van der Waals surface area contributed by atoms with Gasteiger partial charge in [0, 0.05) is 4.47 Å². The van der Waals surface area contributed by atoms with Gasteiger partial charge in [-0.25, -0.2) is 0 Å². The van der Waals surface area contributed by atoms with Crippen molar-refractivity contribution in [3.63, 3.8) is 0 Å². The molecule has 1 aliphatic rings. The Kier molecular flexibility index (Phi) is 2.46. The van der Waals surface area contributed by atoms with Crippen LogP contribution in [-0.2, 0) is 0 Å². The molecule has 0 nitrogen and oxygen atoms in total. The predicted octanol–water partition coefficient (Wildman–Crippen LogP) is 4.45. The summed E-state index contributed by atoms with van der Waals surface area (Å²) in [6.45, 7) is 4.49. The Morgan fingerprint density at radius 1 is 1.31 bits per heavy atom. The van der Waals surface area contributed by atoms with Crippen molar-refractivity contribution in [1.29, 1.82) is 0 Å². The van der Waals surface area contributed by atoms with Gasteiger partial charge in [-0.2, -0.15) is 0 Å². The Hall–Kier alpha value is -0.300. The first-order chi connectivity index (χ1) is 6.20. The lowest BCUT2D eigenvalue weighted by atomic mass is 9.99. The van der Waals surface area contributed by atoms with Crippen LogP contribution in [0, 0.1) is 0 Å². The zero-order chi connectivity index (χ0) is 9.42. The summed E-state index contributed by atoms with van der Waals surface area (Å²) >= 11 is 3.72. The average Bonchev–Trinajstić information content (AvgIpc) is 2.87. The molecule has 0 amide bonds. The van der Waals surface area contributed by atoms with Gasteiger partial charge in [0.15, 0.2) is 0 Å². The van der Waals surface area contributed by atoms with E-state index in [-0.39, 0.29) is 0 Å². The smallest absolute Gasteiger partial charge is 0.0244 e. The molecule has 1 aliphatic carbocycles. The van der Waals surface area contributed by atoms with E-state index in [1.807, 2.05) is 0 Å². The van der Waals surface area contributed by atoms with Crippen LogP contribution in [-0.4, -0.2) is 0 Å². The quantitative estimate of drug-likeness (QED) is 0.715. The van der Waals surface area contributed by atoms with Crippen molar-refractivity contribution in [2.24, 2.45) is 0 Å². The van der Waals surface area contributed by atoms with Gasteiger partial charge in [-0.3, -0.25) is 0 Å². The molecular weight excluding hydrogens is 224 g/mol. The maximum absolute atomic E-state index is 3.72. The molecule has 13 heavy (non-hydrogen) atoms. The first-order valence-corrected chi connectivity index (χ1v) is 5.77. The summed E-state index contributed by atoms with van der Waals surface area (Å²) in [7, 11) is 0. The predicted molar refractivity (Wildman–Crippen MR) is 60.2 cm³/mol. The highest BCUT2D eigenvalue weighted by Gasteiger charge is 2.26. The summed E-state index contributed by atoms with van der Waals surface area (Å²) in [6.07, 6.45) is 2.75. The van der Waals surface area contributed by atoms with Gasteiger partial charge in [0.05, 0.1) is 0 Å². The normalized spacial score (nSPS) is 16.6. The van der Waals surface area contributed by atoms with E-state index in [4.69, 9.17) is 0 Å². The van der Waals surface area contributed by atoms with Gasteiger partial charge in [-0.1, -0.05) is 48.0 Å². The third kappa shape index (κ3) is 1.80. The van der Waals surface area contributed by atoms with Crippen LogP contribution in [0.2, 0.25) is 0 Å². The van der Waals surface area contributed by atoms with E-state index in [0.29, 0.717) is 5.92 Å². The zero-order valence-corrected chi connectivity index (χ0v) is 9.76. The number of rotatable bonds is 2. The number of hydrogen-bond donors (Lipinski definition) is 0. The van der Waals surface area contributed by atoms with E-state index in [1.165, 1.54) is 28.4 Å². The molecule has 1 saturated carbocycles. The van der Waals surface area contributed by atoms with Crippen LogP contribution in [0.15, 0.2) is 22.7 Å². The second-order valence-corrected chi connectivity index (χ2v) is 4.97. The summed E-state index contributed by atoms with van der Waals surface area (Å²) in [5.41, 5.74) is 2.97. The Bertz CT molecular complexity index is 291. The SMILES string of the molecule is CC(C)c1cccc(C2CC2)c1Br. The third-order valence-electron chi connectivity index (χ3n) is 2.70. The maximum atomic E-state index is 3.72. The minimum absolute atomic E-state index is 0.619. The fraction of sp³-hybridized carbons (Fsp3) is 0.500. The number of benzene rings is 1. The van der Waals surface area contributed by atoms with Crippen molar-refractivity contribution in [1.82, 2.24) is 0 Å². The Labute approximate surface area is 88.5 Å². The highest BCUT2D eigenvalue weighted by atomic mass is 79.9. The van der Waals surface area contributed by atoms with Gasteiger partial charge in [0.2, 0.25) is 0 Å². The van der Waals surface area contributed by atoms with Crippen molar-refractivity contribution in [2.75, 3.05) is 0 Å². The molecule has 2 rings (SSSR count). The summed E-state index contributed by atoms with van der Waals surface area (Å²) < 4.78 is 1.35. The fourth-order valence-electron chi connectivity index (χ4n) is 1.72. The van der Waals surface area contributed by atoms with Crippen LogP contribution in [0.5, 0.6) is 0 Å². The lowest BCUT2D eigenvalue weighted by Crippen LogP contribution is -1.92. The van der Waals surface area contributed by atoms with Crippen molar-refractivity contribution < 1.29 is 0 Å². The van der Waals surface area contributed by atoms with Crippen LogP contribution < -0.4 is 0 Å². The van der Waals surface area contributed by atoms with Gasteiger partial charge >= 0.3 is 0 Å². The molecule has 0 N–H and O–H groups in total. The third-order valence-corrected chi connectivity index (χ3v) is 3.61. The van der Waals surface area contributed by atoms with E-state index in [1.54, 1.807) is 0 Å². The molecule has 0 saturated heterocycles. The standard InChI is InChI=1S/C12H15Br/c1-8(2)10-4-3-5-11(12(10)13)9-6-7-9/h3-5,8-9H,6-7H2,1-2H3. The molecule has 0 spiro atoms. The molecule has 0 radical (unpaired) electrons. The summed E-state index contributed by atoms with van der Waals surface area (Å²) in [5.74, 6) is 1.46. The molecule has 0 bridgehead atoms. The molecule has 1 aromatic carbocycles. The van der Waals surface area contributed by atoms with Crippen molar-refractivity contribution in [2.45, 2.75) is 38.5 Å². The zero-order valence-electron chi connectivity index (χ0n) is 8.18. The largest absolute Gasteiger partial charge is 0.0616 e. The Morgan fingerprint density at radius 3 is 2.54 bits per heavy atom. The number of halogens is 1. The Morgan fingerprint density at radius 2 is 2.00 bits per heavy atom. The molecule has 0 heterocycles. The first-order valence-electron chi connectivity index (χ1n) is 4.98. The van der Waals surface area contributed by atoms with Crippen LogP contribution in [0.4, 0.5) is 0 Å². The summed E-state index contributed by atoms with van der Waals surface area (Å²) in [5, 5.41) is 0. The van der Waals surface area contributed by atoms with E-state index in [9.17, 15) is 0 Å². The van der Waals surface area contributed by atoms with E-state index < -0.39 is 0 Å². The van der Waals surface area contributed by atoms with Crippen molar-refractivity contribution in [3.8, 4) is 0 Å². The van der Waals surface area contributed by atoms with Crippen molar-refractivity contribution >= 4 is 15.9 Å². The average molecular weight is 239 g/mol. The highest BCUT2D eigenvalue weighted by molar-refractivity contribution is 9.10. The molecule has 1 aromatic rings. The monoisotopic (exact) mass is 238 g/mol. The highest BCUT2D eigenvalue weighted by Crippen LogP contribution is 2.44. The van der Waals surface area contributed by atoms with Gasteiger partial charge in [0.1, 0.15) is 0 Å². The summed E-state index contributed by atoms with van der Waals surface area (Å²) in [6, 6.07) is 6.67. The van der Waals surface area contributed by atoms with Crippen LogP contribution in [0.3, 0.4) is 0 Å². The molecular formula is C12H15Br. The molecule has 0 atom stereocenters. The second kappa shape index (κ2) is 3.45. The van der Waals surface area contributed by atoms with Crippen LogP contribution in [0.25, 0.3) is 0 Å². The minimum atomic E-state index is 0.619. The van der Waals surface area contributed by atoms with E-state index in [2.05, 4.69) is 48.0 Å². The summed E-state index contributed by atoms with van der Waals surface area (Å²) in [4.78, 5) is 0. The molecule has 0 unspecified atom stereocenters. The second-order valence-electron chi connectivity index (χ2n) is 4.18. The lowest BCUT2D eigenvalue weighted by molar-refractivity contribution is 0.854. The van der Waals surface area contributed by atoms with Crippen LogP contribution >= 0.6 is 15.9 Å². The van der Waals surface area contributed by atoms with E-state index >= 15 is 0 Å². The molecule has 1 heteroatoms. The topological polar surface area (TPSA) is 0 Å². The number of hydrogen-bond acceptors (Lipinski definition) is 0. The lowest BCUT2D eigenvalue weighted by Gasteiger charge is -2.11. The Balaban J connectivity index is 2.41. The van der Waals surface area contributed by atoms with Crippen molar-refractivity contribution in [3.05, 3.63) is 33.8 Å². The van der Waals surface area contributed by atoms with Gasteiger partial charge in [-0.15, -0.1) is 0 Å². The molecule has 0 aliphatic heterocycles. The van der Waals surface area contributed by atoms with Gasteiger partial charge in [0.25, 0.3) is 0 Å². The van der Waals surface area contributed by atoms with Gasteiger partial charge in [-0.05, 0) is 35.8 Å².